The van der Waals surface area contributed by atoms with Gasteiger partial charge in [0.25, 0.3) is 16.0 Å². The van der Waals surface area contributed by atoms with Crippen molar-refractivity contribution in [2.45, 2.75) is 32.1 Å². The van der Waals surface area contributed by atoms with E-state index in [0.29, 0.717) is 12.0 Å². The summed E-state index contributed by atoms with van der Waals surface area (Å²) in [6, 6.07) is 3.17. The molecule has 0 radical (unpaired) electrons. The minimum atomic E-state index is -4.41. The Bertz CT molecular complexity index is 632. The molecular formula is C13H17NO4S. The molecular weight excluding hydrogens is 266 g/mol. The van der Waals surface area contributed by atoms with Crippen molar-refractivity contribution in [2.75, 3.05) is 5.32 Å². The molecule has 5 nitrogen and oxygen atoms in total. The molecule has 0 saturated heterocycles. The summed E-state index contributed by atoms with van der Waals surface area (Å²) in [6.45, 7) is 8.55. The number of hydrogen-bond acceptors (Lipinski definition) is 3. The van der Waals surface area contributed by atoms with E-state index >= 15 is 0 Å². The minimum Gasteiger partial charge on any atom is -0.321 e. The van der Waals surface area contributed by atoms with Gasteiger partial charge in [-0.1, -0.05) is 19.6 Å². The molecule has 104 valence electrons. The molecule has 19 heavy (non-hydrogen) atoms. The molecule has 0 fully saturated rings. The molecule has 1 aromatic rings. The van der Waals surface area contributed by atoms with Gasteiger partial charge in [0.1, 0.15) is 4.90 Å². The number of nitrogens with one attached hydrogen (secondary N) is 1. The molecule has 0 aliphatic rings. The molecule has 0 unspecified atom stereocenters. The van der Waals surface area contributed by atoms with E-state index in [-0.39, 0.29) is 16.2 Å². The Hall–Kier alpha value is -1.66. The van der Waals surface area contributed by atoms with Crippen molar-refractivity contribution in [3.05, 3.63) is 35.4 Å². The third-order valence-corrected chi connectivity index (χ3v) is 3.58. The van der Waals surface area contributed by atoms with Gasteiger partial charge in [-0.25, -0.2) is 0 Å². The third kappa shape index (κ3) is 3.65. The van der Waals surface area contributed by atoms with Crippen molar-refractivity contribution in [1.29, 1.82) is 0 Å². The Morgan fingerprint density at radius 2 is 2.00 bits per heavy atom. The van der Waals surface area contributed by atoms with Crippen LogP contribution in [-0.2, 0) is 21.3 Å². The van der Waals surface area contributed by atoms with Gasteiger partial charge in [-0.2, -0.15) is 8.42 Å². The maximum atomic E-state index is 11.6. The van der Waals surface area contributed by atoms with Crippen LogP contribution in [0.5, 0.6) is 0 Å². The van der Waals surface area contributed by atoms with Crippen molar-refractivity contribution < 1.29 is 17.8 Å². The standard InChI is InChI=1S/C13H17NO4S/c1-5-10-6-9(4)7-11(12(10)19(16,17)18)14-13(15)8(2)3/h6-7H,2,5H2,1,3-4H3,(H,14,15)(H,16,17,18). The Labute approximate surface area is 113 Å². The fourth-order valence-corrected chi connectivity index (χ4v) is 2.66. The topological polar surface area (TPSA) is 83.5 Å². The normalized spacial score (nSPS) is 11.2. The van der Waals surface area contributed by atoms with Crippen molar-refractivity contribution in [3.63, 3.8) is 0 Å². The predicted octanol–water partition coefficient (Wildman–Crippen LogP) is 2.32. The van der Waals surface area contributed by atoms with Gasteiger partial charge in [0.15, 0.2) is 0 Å². The SMILES string of the molecule is C=C(C)C(=O)Nc1cc(C)cc(CC)c1S(=O)(=O)O. The van der Waals surface area contributed by atoms with Crippen LogP contribution >= 0.6 is 0 Å². The summed E-state index contributed by atoms with van der Waals surface area (Å²) < 4.78 is 32.3. The number of hydrogen-bond donors (Lipinski definition) is 2. The van der Waals surface area contributed by atoms with E-state index in [0.717, 1.165) is 5.56 Å². The molecule has 0 aliphatic carbocycles. The second kappa shape index (κ2) is 5.54. The molecule has 0 saturated carbocycles. The second-order valence-corrected chi connectivity index (χ2v) is 5.72. The van der Waals surface area contributed by atoms with Gasteiger partial charge in [0.2, 0.25) is 0 Å². The van der Waals surface area contributed by atoms with Gasteiger partial charge in [-0.05, 0) is 37.5 Å². The smallest absolute Gasteiger partial charge is 0.296 e. The first-order chi connectivity index (χ1) is 8.66. The number of anilines is 1. The number of aryl methyl sites for hydroxylation is 2. The number of carbonyl (C=O) groups is 1. The summed E-state index contributed by atoms with van der Waals surface area (Å²) in [5.41, 5.74) is 1.58. The van der Waals surface area contributed by atoms with Crippen LogP contribution in [0.2, 0.25) is 0 Å². The number of amides is 1. The lowest BCUT2D eigenvalue weighted by Gasteiger charge is -2.14. The van der Waals surface area contributed by atoms with Crippen LogP contribution in [0.15, 0.2) is 29.2 Å². The zero-order chi connectivity index (χ0) is 14.8. The predicted molar refractivity (Wildman–Crippen MR) is 73.8 cm³/mol. The van der Waals surface area contributed by atoms with E-state index in [4.69, 9.17) is 0 Å². The molecule has 0 heterocycles. The fourth-order valence-electron chi connectivity index (χ4n) is 1.74. The highest BCUT2D eigenvalue weighted by molar-refractivity contribution is 7.86. The molecule has 1 aromatic carbocycles. The van der Waals surface area contributed by atoms with Crippen LogP contribution in [-0.4, -0.2) is 18.9 Å². The van der Waals surface area contributed by atoms with Gasteiger partial charge in [-0.3, -0.25) is 9.35 Å². The highest BCUT2D eigenvalue weighted by atomic mass is 32.2. The van der Waals surface area contributed by atoms with Crippen LogP contribution in [0.3, 0.4) is 0 Å². The third-order valence-electron chi connectivity index (χ3n) is 2.58. The summed E-state index contributed by atoms with van der Waals surface area (Å²) in [5, 5.41) is 2.45. The van der Waals surface area contributed by atoms with Gasteiger partial charge < -0.3 is 5.32 Å². The Morgan fingerprint density at radius 3 is 2.42 bits per heavy atom. The molecule has 0 atom stereocenters. The second-order valence-electron chi connectivity index (χ2n) is 4.36. The van der Waals surface area contributed by atoms with E-state index in [2.05, 4.69) is 11.9 Å². The van der Waals surface area contributed by atoms with Crippen molar-refractivity contribution >= 4 is 21.7 Å². The van der Waals surface area contributed by atoms with Crippen LogP contribution in [0.4, 0.5) is 5.69 Å². The Balaban J connectivity index is 3.49. The van der Waals surface area contributed by atoms with E-state index in [1.807, 2.05) is 0 Å². The zero-order valence-corrected chi connectivity index (χ0v) is 12.0. The summed E-state index contributed by atoms with van der Waals surface area (Å²) in [5.74, 6) is -0.488. The first-order valence-corrected chi connectivity index (χ1v) is 7.18. The van der Waals surface area contributed by atoms with Crippen molar-refractivity contribution in [3.8, 4) is 0 Å². The lowest BCUT2D eigenvalue weighted by molar-refractivity contribution is -0.112. The van der Waals surface area contributed by atoms with Gasteiger partial charge in [0, 0.05) is 5.57 Å². The van der Waals surface area contributed by atoms with Crippen molar-refractivity contribution in [2.24, 2.45) is 0 Å². The van der Waals surface area contributed by atoms with Crippen LogP contribution < -0.4 is 5.32 Å². The quantitative estimate of drug-likeness (QED) is 0.656. The molecule has 6 heteroatoms. The highest BCUT2D eigenvalue weighted by Gasteiger charge is 2.21. The number of rotatable bonds is 4. The van der Waals surface area contributed by atoms with Gasteiger partial charge >= 0.3 is 0 Å². The lowest BCUT2D eigenvalue weighted by atomic mass is 10.1. The maximum Gasteiger partial charge on any atom is 0.296 e. The molecule has 0 bridgehead atoms. The molecule has 2 N–H and O–H groups in total. The Kier molecular flexibility index (Phi) is 4.49. The van der Waals surface area contributed by atoms with Gasteiger partial charge in [-0.15, -0.1) is 0 Å². The summed E-state index contributed by atoms with van der Waals surface area (Å²) in [7, 11) is -4.41. The average molecular weight is 283 g/mol. The summed E-state index contributed by atoms with van der Waals surface area (Å²) in [6.07, 6.45) is 0.423. The molecule has 1 rings (SSSR count). The first-order valence-electron chi connectivity index (χ1n) is 5.74. The minimum absolute atomic E-state index is 0.0763. The number of benzene rings is 1. The van der Waals surface area contributed by atoms with Gasteiger partial charge in [0.05, 0.1) is 5.69 Å². The largest absolute Gasteiger partial charge is 0.321 e. The van der Waals surface area contributed by atoms with Crippen LogP contribution in [0.1, 0.15) is 25.0 Å². The molecule has 0 spiro atoms. The van der Waals surface area contributed by atoms with Crippen LogP contribution in [0.25, 0.3) is 0 Å². The lowest BCUT2D eigenvalue weighted by Crippen LogP contribution is -2.16. The van der Waals surface area contributed by atoms with Crippen molar-refractivity contribution in [1.82, 2.24) is 0 Å². The summed E-state index contributed by atoms with van der Waals surface area (Å²) >= 11 is 0. The molecule has 0 aromatic heterocycles. The fraction of sp³-hybridized carbons (Fsp3) is 0.308. The molecule has 1 amide bonds. The highest BCUT2D eigenvalue weighted by Crippen LogP contribution is 2.28. The maximum absolute atomic E-state index is 11.6. The van der Waals surface area contributed by atoms with E-state index in [9.17, 15) is 17.8 Å². The van der Waals surface area contributed by atoms with E-state index < -0.39 is 16.0 Å². The summed E-state index contributed by atoms with van der Waals surface area (Å²) in [4.78, 5) is 11.4. The zero-order valence-electron chi connectivity index (χ0n) is 11.1. The average Bonchev–Trinajstić information content (AvgIpc) is 2.25. The number of carbonyl (C=O) groups excluding carboxylic acids is 1. The van der Waals surface area contributed by atoms with E-state index in [1.165, 1.54) is 13.0 Å². The molecule has 0 aliphatic heterocycles. The monoisotopic (exact) mass is 283 g/mol. The van der Waals surface area contributed by atoms with Crippen LogP contribution in [0, 0.1) is 6.92 Å². The first kappa shape index (κ1) is 15.4. The Morgan fingerprint density at radius 1 is 1.42 bits per heavy atom. The van der Waals surface area contributed by atoms with E-state index in [1.54, 1.807) is 19.9 Å².